The molecule has 0 aliphatic heterocycles. The Morgan fingerprint density at radius 1 is 1.10 bits per heavy atom. The summed E-state index contributed by atoms with van der Waals surface area (Å²) in [6.45, 7) is 3.29. The maximum absolute atomic E-state index is 13.7. The van der Waals surface area contributed by atoms with Crippen LogP contribution in [0.15, 0.2) is 67.0 Å². The molecule has 108 valence electrons. The van der Waals surface area contributed by atoms with Gasteiger partial charge in [-0.3, -0.25) is 10.1 Å². The molecule has 0 radical (unpaired) electrons. The molecule has 4 nitrogen and oxygen atoms in total. The van der Waals surface area contributed by atoms with E-state index in [0.717, 1.165) is 0 Å². The second kappa shape index (κ2) is 6.28. The zero-order chi connectivity index (χ0) is 15.4. The van der Waals surface area contributed by atoms with Crippen LogP contribution in [0.2, 0.25) is 0 Å². The van der Waals surface area contributed by atoms with E-state index in [1.54, 1.807) is 30.3 Å². The fourth-order valence-corrected chi connectivity index (χ4v) is 2.18. The van der Waals surface area contributed by atoms with Crippen LogP contribution in [-0.2, 0) is 0 Å². The van der Waals surface area contributed by atoms with Crippen LogP contribution >= 0.6 is 0 Å². The van der Waals surface area contributed by atoms with E-state index in [1.165, 1.54) is 24.3 Å². The zero-order valence-corrected chi connectivity index (χ0v) is 11.1. The van der Waals surface area contributed by atoms with Gasteiger partial charge in [0, 0.05) is 12.1 Å². The van der Waals surface area contributed by atoms with Gasteiger partial charge in [0.15, 0.2) is 0 Å². The predicted molar refractivity (Wildman–Crippen MR) is 77.5 cm³/mol. The van der Waals surface area contributed by atoms with E-state index >= 15 is 0 Å². The van der Waals surface area contributed by atoms with E-state index in [0.29, 0.717) is 11.1 Å². The number of non-ortho nitro benzene ring substituents is 1. The summed E-state index contributed by atoms with van der Waals surface area (Å²) in [7, 11) is 0. The summed E-state index contributed by atoms with van der Waals surface area (Å²) < 4.78 is 13.7. The lowest BCUT2D eigenvalue weighted by Gasteiger charge is -2.22. The highest BCUT2D eigenvalue weighted by atomic mass is 19.1. The third kappa shape index (κ3) is 3.32. The molecule has 0 spiro atoms. The summed E-state index contributed by atoms with van der Waals surface area (Å²) in [6, 6.07) is 14.1. The second-order valence-electron chi connectivity index (χ2n) is 4.63. The molecule has 0 saturated heterocycles. The van der Waals surface area contributed by atoms with Gasteiger partial charge in [0.05, 0.1) is 16.9 Å². The van der Waals surface area contributed by atoms with Crippen molar-refractivity contribution < 1.29 is 14.4 Å². The summed E-state index contributed by atoms with van der Waals surface area (Å²) in [5, 5.41) is 21.0. The van der Waals surface area contributed by atoms with Crippen molar-refractivity contribution in [3.8, 4) is 0 Å². The first-order valence-corrected chi connectivity index (χ1v) is 6.32. The van der Waals surface area contributed by atoms with E-state index in [4.69, 9.17) is 0 Å². The number of nitro groups is 1. The Hall–Kier alpha value is -2.53. The minimum atomic E-state index is -1.16. The van der Waals surface area contributed by atoms with E-state index in [9.17, 15) is 19.6 Å². The molecule has 0 fully saturated rings. The van der Waals surface area contributed by atoms with E-state index in [-0.39, 0.29) is 5.69 Å². The first-order chi connectivity index (χ1) is 10.0. The van der Waals surface area contributed by atoms with E-state index in [1.807, 2.05) is 0 Å². The average molecular weight is 287 g/mol. The summed E-state index contributed by atoms with van der Waals surface area (Å²) in [4.78, 5) is 10.1. The van der Waals surface area contributed by atoms with Crippen molar-refractivity contribution in [2.75, 3.05) is 0 Å². The normalized spacial score (nSPS) is 13.4. The van der Waals surface area contributed by atoms with Gasteiger partial charge in [-0.25, -0.2) is 4.39 Å². The molecule has 0 heterocycles. The zero-order valence-electron chi connectivity index (χ0n) is 11.1. The minimum Gasteiger partial charge on any atom is -0.387 e. The quantitative estimate of drug-likeness (QED) is 0.670. The molecule has 5 heteroatoms. The third-order valence-electron chi connectivity index (χ3n) is 3.26. The molecule has 0 amide bonds. The smallest absolute Gasteiger partial charge is 0.269 e. The minimum absolute atomic E-state index is 0.0821. The maximum atomic E-state index is 13.7. The lowest BCUT2D eigenvalue weighted by Crippen LogP contribution is -2.11. The van der Waals surface area contributed by atoms with Crippen molar-refractivity contribution in [1.82, 2.24) is 0 Å². The van der Waals surface area contributed by atoms with Crippen molar-refractivity contribution >= 4 is 5.69 Å². The maximum Gasteiger partial charge on any atom is 0.269 e. The molecule has 2 rings (SSSR count). The Labute approximate surface area is 121 Å². The van der Waals surface area contributed by atoms with Crippen molar-refractivity contribution in [3.05, 3.63) is 88.2 Å². The molecule has 0 bridgehead atoms. The Morgan fingerprint density at radius 2 is 1.67 bits per heavy atom. The topological polar surface area (TPSA) is 63.4 Å². The van der Waals surface area contributed by atoms with Crippen LogP contribution in [0.1, 0.15) is 23.1 Å². The Morgan fingerprint density at radius 3 is 2.14 bits per heavy atom. The van der Waals surface area contributed by atoms with Gasteiger partial charge in [-0.2, -0.15) is 0 Å². The fraction of sp³-hybridized carbons (Fsp3) is 0.125. The Kier molecular flexibility index (Phi) is 4.45. The highest BCUT2D eigenvalue weighted by Gasteiger charge is 2.26. The summed E-state index contributed by atoms with van der Waals surface area (Å²) >= 11 is 0. The molecule has 0 unspecified atom stereocenters. The van der Waals surface area contributed by atoms with Crippen LogP contribution in [0.3, 0.4) is 0 Å². The summed E-state index contributed by atoms with van der Waals surface area (Å²) in [6.07, 6.45) is -1.16. The number of benzene rings is 2. The molecule has 0 aliphatic carbocycles. The predicted octanol–water partition coefficient (Wildman–Crippen LogP) is 3.90. The van der Waals surface area contributed by atoms with Crippen LogP contribution < -0.4 is 0 Å². The van der Waals surface area contributed by atoms with Gasteiger partial charge in [0.1, 0.15) is 5.83 Å². The molecule has 0 aliphatic rings. The van der Waals surface area contributed by atoms with Crippen LogP contribution in [-0.4, -0.2) is 10.0 Å². The van der Waals surface area contributed by atoms with Crippen LogP contribution in [0, 0.1) is 10.1 Å². The second-order valence-corrected chi connectivity index (χ2v) is 4.63. The standard InChI is InChI=1S/C16H14FNO3/c1-11(17)15(12-5-3-2-4-6-12)16(19)13-7-9-14(10-8-13)18(20)21/h2-10,15-16,19H,1H2/t15-,16+/m1/s1. The van der Waals surface area contributed by atoms with Crippen molar-refractivity contribution in [1.29, 1.82) is 0 Å². The monoisotopic (exact) mass is 287 g/mol. The molecule has 2 atom stereocenters. The lowest BCUT2D eigenvalue weighted by molar-refractivity contribution is -0.384. The first-order valence-electron chi connectivity index (χ1n) is 6.32. The number of aliphatic hydroxyl groups is 1. The van der Waals surface area contributed by atoms with Gasteiger partial charge in [-0.1, -0.05) is 36.9 Å². The summed E-state index contributed by atoms with van der Waals surface area (Å²) in [5.74, 6) is -1.57. The largest absolute Gasteiger partial charge is 0.387 e. The van der Waals surface area contributed by atoms with E-state index in [2.05, 4.69) is 6.58 Å². The molecule has 1 N–H and O–H groups in total. The van der Waals surface area contributed by atoms with Crippen molar-refractivity contribution in [2.24, 2.45) is 0 Å². The van der Waals surface area contributed by atoms with Gasteiger partial charge in [0.25, 0.3) is 5.69 Å². The Bertz CT molecular complexity index is 640. The molecule has 21 heavy (non-hydrogen) atoms. The highest BCUT2D eigenvalue weighted by molar-refractivity contribution is 5.37. The molecule has 0 aromatic heterocycles. The van der Waals surface area contributed by atoms with E-state index < -0.39 is 22.8 Å². The van der Waals surface area contributed by atoms with Crippen molar-refractivity contribution in [2.45, 2.75) is 12.0 Å². The Balaban J connectivity index is 2.33. The van der Waals surface area contributed by atoms with Gasteiger partial charge in [0.2, 0.25) is 0 Å². The molecule has 2 aromatic rings. The number of aliphatic hydroxyl groups excluding tert-OH is 1. The lowest BCUT2D eigenvalue weighted by atomic mass is 9.88. The number of rotatable bonds is 5. The average Bonchev–Trinajstić information content (AvgIpc) is 2.48. The number of halogens is 1. The van der Waals surface area contributed by atoms with Crippen LogP contribution in [0.4, 0.5) is 10.1 Å². The summed E-state index contributed by atoms with van der Waals surface area (Å²) in [5.41, 5.74) is 0.908. The highest BCUT2D eigenvalue weighted by Crippen LogP contribution is 2.37. The third-order valence-corrected chi connectivity index (χ3v) is 3.26. The number of hydrogen-bond donors (Lipinski definition) is 1. The van der Waals surface area contributed by atoms with Gasteiger partial charge in [-0.15, -0.1) is 0 Å². The molecular weight excluding hydrogens is 273 g/mol. The van der Waals surface area contributed by atoms with Crippen LogP contribution in [0.5, 0.6) is 0 Å². The van der Waals surface area contributed by atoms with Gasteiger partial charge < -0.3 is 5.11 Å². The molecular formula is C16H14FNO3. The number of nitrogens with zero attached hydrogens (tertiary/aromatic N) is 1. The number of nitro benzene ring substituents is 1. The van der Waals surface area contributed by atoms with Crippen LogP contribution in [0.25, 0.3) is 0 Å². The fourth-order valence-electron chi connectivity index (χ4n) is 2.18. The van der Waals surface area contributed by atoms with Gasteiger partial charge in [-0.05, 0) is 23.3 Å². The first kappa shape index (κ1) is 14.9. The molecule has 0 saturated carbocycles. The number of hydrogen-bond acceptors (Lipinski definition) is 3. The van der Waals surface area contributed by atoms with Gasteiger partial charge >= 0.3 is 0 Å². The molecule has 2 aromatic carbocycles. The SMILES string of the molecule is C=C(F)[C@H](c1ccccc1)[C@@H](O)c1ccc([N+](=O)[O-])cc1. The van der Waals surface area contributed by atoms with Crippen molar-refractivity contribution in [3.63, 3.8) is 0 Å².